The first-order valence-corrected chi connectivity index (χ1v) is 6.99. The number of pyridine rings is 1. The third-order valence-electron chi connectivity index (χ3n) is 3.69. The van der Waals surface area contributed by atoms with Crippen molar-refractivity contribution < 1.29 is 13.2 Å². The molecule has 0 unspecified atom stereocenters. The van der Waals surface area contributed by atoms with Crippen molar-refractivity contribution >= 4 is 0 Å². The highest BCUT2D eigenvalue weighted by Gasteiger charge is 2.33. The molecule has 0 saturated heterocycles. The highest BCUT2D eigenvalue weighted by molar-refractivity contribution is 5.10. The van der Waals surface area contributed by atoms with Crippen LogP contribution in [0.15, 0.2) is 23.0 Å². The Balaban J connectivity index is 1.93. The van der Waals surface area contributed by atoms with Crippen molar-refractivity contribution in [3.63, 3.8) is 0 Å². The number of hydrogen-bond donors (Lipinski definition) is 1. The molecule has 6 heteroatoms. The van der Waals surface area contributed by atoms with E-state index in [0.29, 0.717) is 19.0 Å². The van der Waals surface area contributed by atoms with Gasteiger partial charge in [-0.2, -0.15) is 13.2 Å². The van der Waals surface area contributed by atoms with Crippen molar-refractivity contribution in [2.24, 2.45) is 0 Å². The molecular formula is C14H19F3N2O. The number of nitrogens with zero attached hydrogens (tertiary/aromatic N) is 1. The number of alkyl halides is 3. The molecule has 1 aliphatic carbocycles. The number of rotatable bonds is 5. The van der Waals surface area contributed by atoms with Gasteiger partial charge < -0.3 is 9.88 Å². The zero-order valence-corrected chi connectivity index (χ0v) is 11.2. The van der Waals surface area contributed by atoms with Gasteiger partial charge in [0.15, 0.2) is 0 Å². The quantitative estimate of drug-likeness (QED) is 0.845. The molecular weight excluding hydrogens is 269 g/mol. The molecule has 0 aliphatic heterocycles. The smallest absolute Gasteiger partial charge is 0.314 e. The fourth-order valence-electron chi connectivity index (χ4n) is 2.67. The van der Waals surface area contributed by atoms with Crippen molar-refractivity contribution in [3.8, 4) is 0 Å². The Morgan fingerprint density at radius 1 is 1.25 bits per heavy atom. The number of nitrogens with one attached hydrogen (secondary N) is 1. The lowest BCUT2D eigenvalue weighted by atomic mass is 10.2. The van der Waals surface area contributed by atoms with Crippen LogP contribution in [0.25, 0.3) is 0 Å². The van der Waals surface area contributed by atoms with Gasteiger partial charge in [0, 0.05) is 18.7 Å². The predicted octanol–water partition coefficient (Wildman–Crippen LogP) is 2.79. The Labute approximate surface area is 115 Å². The molecule has 20 heavy (non-hydrogen) atoms. The summed E-state index contributed by atoms with van der Waals surface area (Å²) in [5, 5.41) is 3.33. The van der Waals surface area contributed by atoms with Gasteiger partial charge in [-0.3, -0.25) is 4.79 Å². The summed E-state index contributed by atoms with van der Waals surface area (Å²) in [6.07, 6.45) is 0.739. The van der Waals surface area contributed by atoms with Crippen LogP contribution >= 0.6 is 0 Å². The zero-order valence-electron chi connectivity index (χ0n) is 11.2. The first-order valence-electron chi connectivity index (χ1n) is 6.99. The van der Waals surface area contributed by atoms with Crippen molar-refractivity contribution in [3.05, 3.63) is 34.2 Å². The molecule has 1 aliphatic rings. The predicted molar refractivity (Wildman–Crippen MR) is 70.6 cm³/mol. The summed E-state index contributed by atoms with van der Waals surface area (Å²) in [4.78, 5) is 11.6. The second-order valence-corrected chi connectivity index (χ2v) is 5.19. The fraction of sp³-hybridized carbons (Fsp3) is 0.643. The van der Waals surface area contributed by atoms with E-state index < -0.39 is 17.4 Å². The maximum Gasteiger partial charge on any atom is 0.431 e. The van der Waals surface area contributed by atoms with Crippen LogP contribution in [0.1, 0.15) is 37.8 Å². The van der Waals surface area contributed by atoms with Gasteiger partial charge in [-0.25, -0.2) is 0 Å². The maximum absolute atomic E-state index is 12.8. The van der Waals surface area contributed by atoms with Gasteiger partial charge in [0.1, 0.15) is 5.69 Å². The lowest BCUT2D eigenvalue weighted by Crippen LogP contribution is -2.31. The van der Waals surface area contributed by atoms with E-state index in [4.69, 9.17) is 0 Å². The second-order valence-electron chi connectivity index (χ2n) is 5.19. The van der Waals surface area contributed by atoms with Crippen LogP contribution in [0.5, 0.6) is 0 Å². The first kappa shape index (κ1) is 15.1. The average Bonchev–Trinajstić information content (AvgIpc) is 2.88. The summed E-state index contributed by atoms with van der Waals surface area (Å²) in [6, 6.07) is 3.76. The summed E-state index contributed by atoms with van der Waals surface area (Å²) >= 11 is 0. The molecule has 1 N–H and O–H groups in total. The van der Waals surface area contributed by atoms with Crippen LogP contribution in [0, 0.1) is 0 Å². The van der Waals surface area contributed by atoms with Gasteiger partial charge in [-0.05, 0) is 31.9 Å². The zero-order chi connectivity index (χ0) is 14.6. The third kappa shape index (κ3) is 3.85. The standard InChI is InChI=1S/C14H19F3N2O/c15-14(16,17)12-7-3-8-13(20)19(12)10-4-9-18-11-5-1-2-6-11/h3,7-8,11,18H,1-2,4-6,9-10H2. The van der Waals surface area contributed by atoms with Gasteiger partial charge >= 0.3 is 6.18 Å². The van der Waals surface area contributed by atoms with Crippen molar-refractivity contribution in [1.82, 2.24) is 9.88 Å². The minimum absolute atomic E-state index is 0.0915. The van der Waals surface area contributed by atoms with E-state index in [0.717, 1.165) is 29.5 Å². The topological polar surface area (TPSA) is 34.0 Å². The number of halogens is 3. The SMILES string of the molecule is O=c1cccc(C(F)(F)F)n1CCCNC1CCCC1. The Bertz CT molecular complexity index is 490. The van der Waals surface area contributed by atoms with E-state index >= 15 is 0 Å². The van der Waals surface area contributed by atoms with Crippen molar-refractivity contribution in [2.75, 3.05) is 6.54 Å². The average molecular weight is 288 g/mol. The van der Waals surface area contributed by atoms with Gasteiger partial charge in [-0.15, -0.1) is 0 Å². The van der Waals surface area contributed by atoms with Gasteiger partial charge in [-0.1, -0.05) is 18.9 Å². The molecule has 0 aromatic carbocycles. The van der Waals surface area contributed by atoms with E-state index in [9.17, 15) is 18.0 Å². The first-order chi connectivity index (χ1) is 9.48. The molecule has 0 atom stereocenters. The normalized spacial score (nSPS) is 16.8. The monoisotopic (exact) mass is 288 g/mol. The van der Waals surface area contributed by atoms with Crippen molar-refractivity contribution in [2.45, 2.75) is 50.9 Å². The molecule has 112 valence electrons. The van der Waals surface area contributed by atoms with Gasteiger partial charge in [0.25, 0.3) is 5.56 Å². The summed E-state index contributed by atoms with van der Waals surface area (Å²) in [5.41, 5.74) is -1.47. The lowest BCUT2D eigenvalue weighted by Gasteiger charge is -2.16. The van der Waals surface area contributed by atoms with E-state index in [2.05, 4.69) is 5.32 Å². The Morgan fingerprint density at radius 3 is 2.60 bits per heavy atom. The maximum atomic E-state index is 12.8. The van der Waals surface area contributed by atoms with Crippen LogP contribution < -0.4 is 10.9 Å². The number of aromatic nitrogens is 1. The molecule has 1 fully saturated rings. The molecule has 0 bridgehead atoms. The second kappa shape index (κ2) is 6.43. The van der Waals surface area contributed by atoms with Gasteiger partial charge in [0.05, 0.1) is 0 Å². The summed E-state index contributed by atoms with van der Waals surface area (Å²) in [7, 11) is 0. The van der Waals surface area contributed by atoms with Crippen LogP contribution in [-0.2, 0) is 12.7 Å². The minimum Gasteiger partial charge on any atom is -0.314 e. The molecule has 1 heterocycles. The fourth-order valence-corrected chi connectivity index (χ4v) is 2.67. The molecule has 0 spiro atoms. The van der Waals surface area contributed by atoms with E-state index in [1.807, 2.05) is 0 Å². The minimum atomic E-state index is -4.49. The molecule has 1 saturated carbocycles. The van der Waals surface area contributed by atoms with Crippen LogP contribution in [0.4, 0.5) is 13.2 Å². The molecule has 0 amide bonds. The molecule has 1 aromatic heterocycles. The molecule has 3 nitrogen and oxygen atoms in total. The summed E-state index contributed by atoms with van der Waals surface area (Å²) < 4.78 is 39.2. The largest absolute Gasteiger partial charge is 0.431 e. The van der Waals surface area contributed by atoms with E-state index in [1.165, 1.54) is 18.9 Å². The molecule has 2 rings (SSSR count). The molecule has 1 aromatic rings. The summed E-state index contributed by atoms with van der Waals surface area (Å²) in [5.74, 6) is 0. The lowest BCUT2D eigenvalue weighted by molar-refractivity contribution is -0.144. The van der Waals surface area contributed by atoms with Crippen LogP contribution in [0.3, 0.4) is 0 Å². The number of hydrogen-bond acceptors (Lipinski definition) is 2. The van der Waals surface area contributed by atoms with E-state index in [1.54, 1.807) is 0 Å². The third-order valence-corrected chi connectivity index (χ3v) is 3.69. The van der Waals surface area contributed by atoms with E-state index in [-0.39, 0.29) is 6.54 Å². The van der Waals surface area contributed by atoms with Crippen molar-refractivity contribution in [1.29, 1.82) is 0 Å². The highest BCUT2D eigenvalue weighted by atomic mass is 19.4. The van der Waals surface area contributed by atoms with Crippen LogP contribution in [-0.4, -0.2) is 17.2 Å². The van der Waals surface area contributed by atoms with Gasteiger partial charge in [0.2, 0.25) is 0 Å². The van der Waals surface area contributed by atoms with Crippen LogP contribution in [0.2, 0.25) is 0 Å². The Kier molecular flexibility index (Phi) is 4.86. The Hall–Kier alpha value is -1.30. The highest BCUT2D eigenvalue weighted by Crippen LogP contribution is 2.28. The molecule has 0 radical (unpaired) electrons. The Morgan fingerprint density at radius 2 is 1.95 bits per heavy atom. The summed E-state index contributed by atoms with van der Waals surface area (Å²) in [6.45, 7) is 0.734.